The Bertz CT molecular complexity index is 1140. The molecule has 0 spiro atoms. The molecule has 4 rings (SSSR count). The van der Waals surface area contributed by atoms with E-state index in [0.717, 1.165) is 0 Å². The fraction of sp³-hybridized carbons (Fsp3) is 0.154. The maximum Gasteiger partial charge on any atom is 0.407 e. The first kappa shape index (κ1) is 21.2. The molecule has 6 heteroatoms. The Morgan fingerprint density at radius 2 is 1.66 bits per heavy atom. The molecule has 0 heterocycles. The Kier molecular flexibility index (Phi) is 6.22. The molecule has 0 saturated heterocycles. The number of ether oxygens (including phenoxy) is 2. The van der Waals surface area contributed by atoms with Crippen LogP contribution in [0, 0.1) is 0 Å². The van der Waals surface area contributed by atoms with Gasteiger partial charge in [-0.25, -0.2) is 4.79 Å². The molecule has 1 aliphatic rings. The zero-order valence-corrected chi connectivity index (χ0v) is 17.7. The summed E-state index contributed by atoms with van der Waals surface area (Å²) in [6.07, 6.45) is 2.96. The number of rotatable bonds is 7. The molecule has 0 radical (unpaired) electrons. The summed E-state index contributed by atoms with van der Waals surface area (Å²) in [5, 5.41) is 2.71. The normalized spacial score (nSPS) is 12.3. The van der Waals surface area contributed by atoms with Crippen molar-refractivity contribution in [2.45, 2.75) is 5.92 Å². The number of primary amides is 1. The van der Waals surface area contributed by atoms with E-state index in [0.29, 0.717) is 16.9 Å². The number of carbonyl (C=O) groups is 2. The predicted molar refractivity (Wildman–Crippen MR) is 124 cm³/mol. The zero-order chi connectivity index (χ0) is 22.5. The highest BCUT2D eigenvalue weighted by Crippen LogP contribution is 2.44. The number of hydrogen-bond donors (Lipinski definition) is 2. The van der Waals surface area contributed by atoms with Crippen LogP contribution in [0.4, 0.5) is 4.79 Å². The van der Waals surface area contributed by atoms with Crippen molar-refractivity contribution in [3.63, 3.8) is 0 Å². The minimum Gasteiger partial charge on any atom is -0.497 e. The number of hydrogen-bond acceptors (Lipinski definition) is 4. The molecule has 0 bridgehead atoms. The Morgan fingerprint density at radius 1 is 1.00 bits per heavy atom. The summed E-state index contributed by atoms with van der Waals surface area (Å²) in [7, 11) is 1.52. The average Bonchev–Trinajstić information content (AvgIpc) is 3.14. The Hall–Kier alpha value is -4.06. The van der Waals surface area contributed by atoms with Gasteiger partial charge in [0.2, 0.25) is 5.91 Å². The highest BCUT2D eigenvalue weighted by atomic mass is 16.5. The van der Waals surface area contributed by atoms with Gasteiger partial charge in [0.15, 0.2) is 0 Å². The highest BCUT2D eigenvalue weighted by molar-refractivity contribution is 5.97. The molecule has 3 aromatic carbocycles. The van der Waals surface area contributed by atoms with Crippen LogP contribution in [-0.4, -0.2) is 32.3 Å². The minimum atomic E-state index is -0.548. The van der Waals surface area contributed by atoms with Crippen LogP contribution in [0.25, 0.3) is 17.2 Å². The van der Waals surface area contributed by atoms with E-state index in [-0.39, 0.29) is 19.1 Å². The van der Waals surface area contributed by atoms with Crippen LogP contribution in [0.2, 0.25) is 0 Å². The maximum atomic E-state index is 12.2. The number of amides is 2. The molecule has 6 nitrogen and oxygen atoms in total. The summed E-state index contributed by atoms with van der Waals surface area (Å²) in [6, 6.07) is 21.5. The van der Waals surface area contributed by atoms with Crippen LogP contribution < -0.4 is 15.8 Å². The van der Waals surface area contributed by atoms with Gasteiger partial charge in [-0.3, -0.25) is 4.79 Å². The molecule has 32 heavy (non-hydrogen) atoms. The summed E-state index contributed by atoms with van der Waals surface area (Å²) in [5.41, 5.74) is 11.1. The van der Waals surface area contributed by atoms with Crippen molar-refractivity contribution >= 4 is 18.1 Å². The van der Waals surface area contributed by atoms with E-state index in [1.807, 2.05) is 24.3 Å². The van der Waals surface area contributed by atoms with Crippen molar-refractivity contribution < 1.29 is 19.1 Å². The molecule has 0 aromatic heterocycles. The van der Waals surface area contributed by atoms with Crippen LogP contribution >= 0.6 is 0 Å². The van der Waals surface area contributed by atoms with E-state index in [1.54, 1.807) is 30.4 Å². The van der Waals surface area contributed by atoms with Crippen LogP contribution in [0.15, 0.2) is 72.8 Å². The summed E-state index contributed by atoms with van der Waals surface area (Å²) >= 11 is 0. The third-order valence-corrected chi connectivity index (χ3v) is 5.53. The predicted octanol–water partition coefficient (Wildman–Crippen LogP) is 4.35. The second kappa shape index (κ2) is 9.39. The average molecular weight is 428 g/mol. The molecular weight excluding hydrogens is 404 g/mol. The lowest BCUT2D eigenvalue weighted by Crippen LogP contribution is -2.26. The number of carbonyl (C=O) groups excluding carboxylic acids is 2. The van der Waals surface area contributed by atoms with Gasteiger partial charge in [0.1, 0.15) is 12.4 Å². The van der Waals surface area contributed by atoms with E-state index < -0.39 is 12.0 Å². The highest BCUT2D eigenvalue weighted by Gasteiger charge is 2.28. The zero-order valence-electron chi connectivity index (χ0n) is 17.7. The van der Waals surface area contributed by atoms with Crippen molar-refractivity contribution in [2.24, 2.45) is 5.73 Å². The number of alkyl carbamates (subject to hydrolysis) is 1. The van der Waals surface area contributed by atoms with E-state index >= 15 is 0 Å². The first-order valence-electron chi connectivity index (χ1n) is 10.3. The molecule has 0 saturated carbocycles. The van der Waals surface area contributed by atoms with Gasteiger partial charge in [-0.2, -0.15) is 0 Å². The molecule has 0 fully saturated rings. The topological polar surface area (TPSA) is 90.7 Å². The number of fused-ring (bicyclic) bond motifs is 3. The number of nitrogens with one attached hydrogen (secondary N) is 1. The van der Waals surface area contributed by atoms with Crippen molar-refractivity contribution in [1.82, 2.24) is 5.32 Å². The molecule has 2 amide bonds. The largest absolute Gasteiger partial charge is 0.497 e. The smallest absolute Gasteiger partial charge is 0.407 e. The number of benzene rings is 3. The lowest BCUT2D eigenvalue weighted by Gasteiger charge is -2.14. The van der Waals surface area contributed by atoms with Gasteiger partial charge in [-0.05, 0) is 39.9 Å². The Morgan fingerprint density at radius 3 is 2.28 bits per heavy atom. The van der Waals surface area contributed by atoms with Gasteiger partial charge in [-0.15, -0.1) is 0 Å². The summed E-state index contributed by atoms with van der Waals surface area (Å²) in [6.45, 7) is 0.509. The lowest BCUT2D eigenvalue weighted by atomic mass is 9.98. The van der Waals surface area contributed by atoms with E-state index in [4.69, 9.17) is 15.2 Å². The first-order valence-corrected chi connectivity index (χ1v) is 10.3. The van der Waals surface area contributed by atoms with Gasteiger partial charge in [0, 0.05) is 18.0 Å². The van der Waals surface area contributed by atoms with Crippen LogP contribution in [0.3, 0.4) is 0 Å². The van der Waals surface area contributed by atoms with Crippen molar-refractivity contribution in [1.29, 1.82) is 0 Å². The molecular formula is C26H24N2O4. The monoisotopic (exact) mass is 428 g/mol. The molecule has 3 N–H and O–H groups in total. The van der Waals surface area contributed by atoms with Crippen molar-refractivity contribution in [2.75, 3.05) is 20.3 Å². The Labute approximate surface area is 186 Å². The summed E-state index contributed by atoms with van der Waals surface area (Å²) < 4.78 is 10.6. The second-order valence-corrected chi connectivity index (χ2v) is 7.43. The molecule has 0 atom stereocenters. The second-order valence-electron chi connectivity index (χ2n) is 7.43. The third-order valence-electron chi connectivity index (χ3n) is 5.53. The van der Waals surface area contributed by atoms with Crippen molar-refractivity contribution in [3.05, 3.63) is 95.1 Å². The SMILES string of the molecule is COc1ccc(C=CCNC(=O)OCC2c3ccccc3-c3ccccc32)c(C(N)=O)c1. The molecule has 0 aliphatic heterocycles. The first-order chi connectivity index (χ1) is 15.6. The van der Waals surface area contributed by atoms with Crippen molar-refractivity contribution in [3.8, 4) is 16.9 Å². The van der Waals surface area contributed by atoms with Crippen LogP contribution in [0.5, 0.6) is 5.75 Å². The fourth-order valence-electron chi connectivity index (χ4n) is 4.00. The van der Waals surface area contributed by atoms with Crippen LogP contribution in [0.1, 0.15) is 33.0 Å². The lowest BCUT2D eigenvalue weighted by molar-refractivity contribution is 0.0999. The van der Waals surface area contributed by atoms with Gasteiger partial charge >= 0.3 is 6.09 Å². The molecule has 0 unspecified atom stereocenters. The number of methoxy groups -OCH3 is 1. The Balaban J connectivity index is 1.35. The van der Waals surface area contributed by atoms with Crippen LogP contribution in [-0.2, 0) is 4.74 Å². The summed E-state index contributed by atoms with van der Waals surface area (Å²) in [5.74, 6) is 0.0156. The van der Waals surface area contributed by atoms with Gasteiger partial charge in [0.25, 0.3) is 0 Å². The van der Waals surface area contributed by atoms with Gasteiger partial charge in [-0.1, -0.05) is 66.7 Å². The standard InChI is InChI=1S/C26H24N2O4/c1-31-18-13-12-17(23(15-18)25(27)29)7-6-14-28-26(30)32-16-24-21-10-4-2-8-19(21)20-9-3-5-11-22(20)24/h2-13,15,24H,14,16H2,1H3,(H2,27,29)(H,28,30). The van der Waals surface area contributed by atoms with E-state index in [2.05, 4.69) is 29.6 Å². The van der Waals surface area contributed by atoms with Gasteiger partial charge < -0.3 is 20.5 Å². The molecule has 162 valence electrons. The van der Waals surface area contributed by atoms with E-state index in [9.17, 15) is 9.59 Å². The molecule has 1 aliphatic carbocycles. The minimum absolute atomic E-state index is 0.0149. The fourth-order valence-corrected chi connectivity index (χ4v) is 4.00. The third kappa shape index (κ3) is 4.34. The van der Waals surface area contributed by atoms with E-state index in [1.165, 1.54) is 29.4 Å². The summed E-state index contributed by atoms with van der Waals surface area (Å²) in [4.78, 5) is 23.9. The maximum absolute atomic E-state index is 12.2. The quantitative estimate of drug-likeness (QED) is 0.586. The number of nitrogens with two attached hydrogens (primary N) is 1. The van der Waals surface area contributed by atoms with Gasteiger partial charge in [0.05, 0.1) is 7.11 Å². The molecule has 3 aromatic rings.